The first-order chi connectivity index (χ1) is 14.5. The Balaban J connectivity index is 1.58. The number of primary sulfonamides is 1. The lowest BCUT2D eigenvalue weighted by atomic mass is 9.53. The quantitative estimate of drug-likeness (QED) is 0.299. The topological polar surface area (TPSA) is 130 Å². The van der Waals surface area contributed by atoms with Crippen LogP contribution in [0.3, 0.4) is 0 Å². The third-order valence-corrected chi connectivity index (χ3v) is 9.11. The van der Waals surface area contributed by atoms with E-state index in [2.05, 4.69) is 6.19 Å². The molecular formula is C22H30N4O4S. The number of benzene rings is 1. The molecule has 4 saturated carbocycles. The molecule has 0 aliphatic heterocycles. The molecule has 0 heterocycles. The first-order valence-electron chi connectivity index (χ1n) is 10.6. The van der Waals surface area contributed by atoms with Crippen LogP contribution in [0.2, 0.25) is 0 Å². The second-order valence-electron chi connectivity index (χ2n) is 9.80. The minimum Gasteiger partial charge on any atom is -0.497 e. The number of nitrogens with one attached hydrogen (secondary N) is 1. The zero-order valence-electron chi connectivity index (χ0n) is 18.2. The molecule has 168 valence electrons. The maximum absolute atomic E-state index is 12.4. The lowest BCUT2D eigenvalue weighted by molar-refractivity contribution is -0.0244. The van der Waals surface area contributed by atoms with Crippen LogP contribution < -0.4 is 14.6 Å². The van der Waals surface area contributed by atoms with Crippen LogP contribution in [-0.2, 0) is 10.0 Å². The normalized spacial score (nSPS) is 31.7. The highest BCUT2D eigenvalue weighted by atomic mass is 32.2. The summed E-state index contributed by atoms with van der Waals surface area (Å²) in [5.74, 6) is 1.63. The van der Waals surface area contributed by atoms with Gasteiger partial charge >= 0.3 is 0 Å². The summed E-state index contributed by atoms with van der Waals surface area (Å²) in [6.07, 6.45) is 5.52. The number of nitrogens with two attached hydrogens (primary N) is 1. The molecule has 4 aliphatic rings. The van der Waals surface area contributed by atoms with Crippen LogP contribution in [0.5, 0.6) is 11.5 Å². The maximum atomic E-state index is 12.4. The van der Waals surface area contributed by atoms with Crippen LogP contribution in [0.15, 0.2) is 24.3 Å². The molecule has 2 atom stereocenters. The molecule has 9 heteroatoms. The molecular weight excluding hydrogens is 416 g/mol. The number of hydrogen-bond acceptors (Lipinski definition) is 6. The van der Waals surface area contributed by atoms with Crippen molar-refractivity contribution in [3.05, 3.63) is 24.3 Å². The summed E-state index contributed by atoms with van der Waals surface area (Å²) in [5, 5.41) is 24.5. The molecule has 4 aliphatic carbocycles. The number of amidine groups is 1. The molecule has 2 unspecified atom stereocenters. The number of nitriles is 1. The van der Waals surface area contributed by atoms with Crippen LogP contribution in [0.25, 0.3) is 0 Å². The van der Waals surface area contributed by atoms with Crippen LogP contribution >= 0.6 is 0 Å². The highest BCUT2D eigenvalue weighted by Crippen LogP contribution is 2.59. The Morgan fingerprint density at radius 3 is 2.42 bits per heavy atom. The largest absolute Gasteiger partial charge is 0.497 e. The molecule has 3 N–H and O–H groups in total. The van der Waals surface area contributed by atoms with Gasteiger partial charge in [0.15, 0.2) is 17.6 Å². The standard InChI is InChI=1S/C22H30N4O4S/c1-21(2,30-18-6-4-5-17(9-18)29-3)20(24)26(13-23)19-15-7-14-8-16(19)12-22(10-14,11-15)31(25,27)28/h4-6,9,14-16,19,24H,7-8,10-12H2,1-3H3,(H2,25,27,28). The van der Waals surface area contributed by atoms with E-state index in [-0.39, 0.29) is 23.7 Å². The number of hydrogen-bond donors (Lipinski definition) is 2. The minimum atomic E-state index is -3.67. The van der Waals surface area contributed by atoms with E-state index in [4.69, 9.17) is 20.0 Å². The van der Waals surface area contributed by atoms with Gasteiger partial charge in [-0.15, -0.1) is 0 Å². The molecule has 0 radical (unpaired) electrons. The van der Waals surface area contributed by atoms with Crippen molar-refractivity contribution >= 4 is 15.9 Å². The Labute approximate surface area is 183 Å². The molecule has 0 amide bonds. The number of methoxy groups -OCH3 is 1. The van der Waals surface area contributed by atoms with Gasteiger partial charge in [-0.3, -0.25) is 10.3 Å². The van der Waals surface area contributed by atoms with Gasteiger partial charge in [-0.05, 0) is 75.8 Å². The summed E-state index contributed by atoms with van der Waals surface area (Å²) in [7, 11) is -2.09. The predicted octanol–water partition coefficient (Wildman–Crippen LogP) is 2.85. The van der Waals surface area contributed by atoms with E-state index >= 15 is 0 Å². The lowest BCUT2D eigenvalue weighted by Crippen LogP contribution is -2.66. The highest BCUT2D eigenvalue weighted by molar-refractivity contribution is 7.90. The summed E-state index contributed by atoms with van der Waals surface area (Å²) in [5.41, 5.74) is -1.06. The number of rotatable bonds is 6. The van der Waals surface area contributed by atoms with Crippen molar-refractivity contribution in [1.82, 2.24) is 4.90 Å². The van der Waals surface area contributed by atoms with Crippen molar-refractivity contribution in [2.45, 2.75) is 62.3 Å². The van der Waals surface area contributed by atoms with Gasteiger partial charge in [0.2, 0.25) is 10.0 Å². The van der Waals surface area contributed by atoms with E-state index in [0.717, 1.165) is 12.8 Å². The first kappa shape index (κ1) is 21.9. The van der Waals surface area contributed by atoms with Gasteiger partial charge in [0, 0.05) is 6.07 Å². The Morgan fingerprint density at radius 1 is 1.26 bits per heavy atom. The third kappa shape index (κ3) is 3.66. The Hall–Kier alpha value is -2.31. The summed E-state index contributed by atoms with van der Waals surface area (Å²) in [4.78, 5) is 1.46. The summed E-state index contributed by atoms with van der Waals surface area (Å²) >= 11 is 0. The molecule has 0 aromatic heterocycles. The zero-order chi connectivity index (χ0) is 22.6. The van der Waals surface area contributed by atoms with Crippen molar-refractivity contribution in [1.29, 1.82) is 10.7 Å². The van der Waals surface area contributed by atoms with E-state index in [1.807, 2.05) is 6.07 Å². The monoisotopic (exact) mass is 446 g/mol. The van der Waals surface area contributed by atoms with Crippen molar-refractivity contribution in [2.75, 3.05) is 7.11 Å². The van der Waals surface area contributed by atoms with E-state index in [1.54, 1.807) is 39.2 Å². The molecule has 31 heavy (non-hydrogen) atoms. The van der Waals surface area contributed by atoms with Crippen molar-refractivity contribution in [2.24, 2.45) is 22.9 Å². The van der Waals surface area contributed by atoms with Gasteiger partial charge in [-0.2, -0.15) is 5.26 Å². The third-order valence-electron chi connectivity index (χ3n) is 7.40. The summed E-state index contributed by atoms with van der Waals surface area (Å²) < 4.78 is 35.3. The fraction of sp³-hybridized carbons (Fsp3) is 0.636. The van der Waals surface area contributed by atoms with Crippen LogP contribution in [0.1, 0.15) is 46.0 Å². The second-order valence-corrected chi connectivity index (χ2v) is 11.8. The molecule has 0 spiro atoms. The Morgan fingerprint density at radius 2 is 1.87 bits per heavy atom. The van der Waals surface area contributed by atoms with Gasteiger partial charge in [0.25, 0.3) is 0 Å². The molecule has 1 aromatic carbocycles. The number of ether oxygens (including phenoxy) is 2. The minimum absolute atomic E-state index is 0.0252. The van der Waals surface area contributed by atoms with Gasteiger partial charge < -0.3 is 9.47 Å². The fourth-order valence-electron chi connectivity index (χ4n) is 6.26. The van der Waals surface area contributed by atoms with E-state index in [0.29, 0.717) is 36.7 Å². The maximum Gasteiger partial charge on any atom is 0.214 e. The average Bonchev–Trinajstić information content (AvgIpc) is 2.68. The molecule has 4 fully saturated rings. The van der Waals surface area contributed by atoms with Crippen LogP contribution in [0.4, 0.5) is 0 Å². The van der Waals surface area contributed by atoms with Crippen LogP contribution in [-0.4, -0.2) is 42.7 Å². The summed E-state index contributed by atoms with van der Waals surface area (Å²) in [6.45, 7) is 3.53. The van der Waals surface area contributed by atoms with Gasteiger partial charge in [0.05, 0.1) is 17.9 Å². The average molecular weight is 447 g/mol. The molecule has 8 nitrogen and oxygen atoms in total. The second kappa shape index (κ2) is 7.38. The van der Waals surface area contributed by atoms with Gasteiger partial charge in [-0.25, -0.2) is 13.6 Å². The fourth-order valence-corrected chi connectivity index (χ4v) is 7.62. The van der Waals surface area contributed by atoms with Gasteiger partial charge in [0.1, 0.15) is 11.5 Å². The summed E-state index contributed by atoms with van der Waals surface area (Å²) in [6, 6.07) is 6.94. The van der Waals surface area contributed by atoms with E-state index < -0.39 is 20.4 Å². The lowest BCUT2D eigenvalue weighted by Gasteiger charge is -2.60. The van der Waals surface area contributed by atoms with Crippen molar-refractivity contribution in [3.63, 3.8) is 0 Å². The number of nitrogens with zero attached hydrogens (tertiary/aromatic N) is 2. The Bertz CT molecular complexity index is 1020. The van der Waals surface area contributed by atoms with Crippen molar-refractivity contribution < 1.29 is 17.9 Å². The number of sulfonamides is 1. The first-order valence-corrected chi connectivity index (χ1v) is 12.2. The van der Waals surface area contributed by atoms with Crippen molar-refractivity contribution in [3.8, 4) is 17.7 Å². The SMILES string of the molecule is COc1cccc(OC(C)(C)C(=N)N(C#N)C2C3CC4CC2CC(S(N)(=O)=O)(C4)C3)c1. The van der Waals surface area contributed by atoms with E-state index in [1.165, 1.54) is 4.90 Å². The zero-order valence-corrected chi connectivity index (χ0v) is 19.0. The predicted molar refractivity (Wildman–Crippen MR) is 116 cm³/mol. The molecule has 0 saturated heterocycles. The van der Waals surface area contributed by atoms with E-state index in [9.17, 15) is 13.7 Å². The Kier molecular flexibility index (Phi) is 5.22. The van der Waals surface area contributed by atoms with Gasteiger partial charge in [-0.1, -0.05) is 6.07 Å². The molecule has 4 bridgehead atoms. The molecule has 5 rings (SSSR count). The molecule has 1 aromatic rings. The van der Waals surface area contributed by atoms with Crippen LogP contribution in [0, 0.1) is 34.6 Å². The smallest absolute Gasteiger partial charge is 0.214 e. The highest BCUT2D eigenvalue weighted by Gasteiger charge is 2.61.